The summed E-state index contributed by atoms with van der Waals surface area (Å²) in [7, 11) is 0. The minimum absolute atomic E-state index is 0.336. The molecule has 0 bridgehead atoms. The average molecular weight is 267 g/mol. The summed E-state index contributed by atoms with van der Waals surface area (Å²) in [5.41, 5.74) is 8.61. The fraction of sp³-hybridized carbons (Fsp3) is 0.0667. The van der Waals surface area contributed by atoms with Crippen LogP contribution in [0.1, 0.15) is 17.1 Å². The number of nitrogens with two attached hydrogens (primary N) is 1. The molecule has 4 heteroatoms. The summed E-state index contributed by atoms with van der Waals surface area (Å²) < 4.78 is 2.04. The Hall–Kier alpha value is -2.20. The van der Waals surface area contributed by atoms with Crippen LogP contribution in [0.25, 0.3) is 5.52 Å². The van der Waals surface area contributed by atoms with E-state index in [0.717, 1.165) is 17.8 Å². The normalized spacial score (nSPS) is 10.7. The molecule has 3 rings (SSSR count). The highest BCUT2D eigenvalue weighted by molar-refractivity contribution is 7.80. The zero-order chi connectivity index (χ0) is 13.2. The van der Waals surface area contributed by atoms with Crippen LogP contribution in [0, 0.1) is 0 Å². The first kappa shape index (κ1) is 11.9. The quantitative estimate of drug-likeness (QED) is 0.742. The highest BCUT2D eigenvalue weighted by Gasteiger charge is 2.12. The Morgan fingerprint density at radius 2 is 1.84 bits per heavy atom. The maximum Gasteiger partial charge on any atom is 0.124 e. The van der Waals surface area contributed by atoms with Gasteiger partial charge in [0.05, 0.1) is 5.52 Å². The van der Waals surface area contributed by atoms with E-state index >= 15 is 0 Å². The number of hydrogen-bond donors (Lipinski definition) is 1. The van der Waals surface area contributed by atoms with Crippen molar-refractivity contribution in [2.75, 3.05) is 0 Å². The van der Waals surface area contributed by atoms with E-state index in [9.17, 15) is 0 Å². The third-order valence-electron chi connectivity index (χ3n) is 3.06. The first-order valence-corrected chi connectivity index (χ1v) is 6.46. The second kappa shape index (κ2) is 4.82. The topological polar surface area (TPSA) is 43.3 Å². The molecule has 3 aromatic rings. The van der Waals surface area contributed by atoms with Crippen LogP contribution in [0.5, 0.6) is 0 Å². The minimum Gasteiger partial charge on any atom is -0.388 e. The van der Waals surface area contributed by atoms with Crippen molar-refractivity contribution >= 4 is 22.7 Å². The van der Waals surface area contributed by atoms with E-state index in [4.69, 9.17) is 18.0 Å². The molecule has 0 fully saturated rings. The largest absolute Gasteiger partial charge is 0.388 e. The molecule has 2 heterocycles. The molecule has 0 aliphatic carbocycles. The Bertz CT molecular complexity index is 731. The van der Waals surface area contributed by atoms with Gasteiger partial charge < -0.3 is 10.1 Å². The van der Waals surface area contributed by atoms with Crippen LogP contribution in [0.2, 0.25) is 0 Å². The summed E-state index contributed by atoms with van der Waals surface area (Å²) in [6.45, 7) is 0. The van der Waals surface area contributed by atoms with Crippen LogP contribution >= 0.6 is 12.2 Å². The molecular formula is C15H13N3S. The third-order valence-corrected chi connectivity index (χ3v) is 3.25. The molecule has 0 saturated carbocycles. The number of fused-ring (bicyclic) bond motifs is 1. The van der Waals surface area contributed by atoms with Gasteiger partial charge in [-0.3, -0.25) is 0 Å². The highest BCUT2D eigenvalue weighted by atomic mass is 32.1. The van der Waals surface area contributed by atoms with Gasteiger partial charge in [0, 0.05) is 12.6 Å². The van der Waals surface area contributed by atoms with E-state index in [2.05, 4.69) is 17.1 Å². The predicted octanol–water partition coefficient (Wildman–Crippen LogP) is 2.56. The number of nitrogens with zero attached hydrogens (tertiary/aromatic N) is 2. The molecule has 0 saturated heterocycles. The molecule has 0 amide bonds. The maximum atomic E-state index is 5.74. The number of pyridine rings is 1. The van der Waals surface area contributed by atoms with Gasteiger partial charge in [-0.1, -0.05) is 48.6 Å². The number of benzene rings is 1. The van der Waals surface area contributed by atoms with Gasteiger partial charge in [0.2, 0.25) is 0 Å². The molecule has 94 valence electrons. The lowest BCUT2D eigenvalue weighted by molar-refractivity contribution is 0.960. The average Bonchev–Trinajstić information content (AvgIpc) is 2.79. The zero-order valence-corrected chi connectivity index (χ0v) is 11.1. The van der Waals surface area contributed by atoms with Crippen LogP contribution < -0.4 is 5.73 Å². The molecule has 0 unspecified atom stereocenters. The van der Waals surface area contributed by atoms with Gasteiger partial charge in [0.1, 0.15) is 16.5 Å². The Balaban J connectivity index is 2.11. The van der Waals surface area contributed by atoms with Gasteiger partial charge in [0.25, 0.3) is 0 Å². The summed E-state index contributed by atoms with van der Waals surface area (Å²) in [5, 5.41) is 0. The number of aromatic nitrogens is 2. The van der Waals surface area contributed by atoms with Gasteiger partial charge in [-0.2, -0.15) is 0 Å². The molecule has 0 radical (unpaired) electrons. The Kier molecular flexibility index (Phi) is 3.01. The van der Waals surface area contributed by atoms with Crippen LogP contribution in [-0.2, 0) is 6.42 Å². The molecule has 1 aromatic carbocycles. The monoisotopic (exact) mass is 267 g/mol. The first-order valence-electron chi connectivity index (χ1n) is 6.05. The number of rotatable bonds is 3. The molecule has 2 aromatic heterocycles. The Morgan fingerprint density at radius 3 is 2.58 bits per heavy atom. The lowest BCUT2D eigenvalue weighted by Crippen LogP contribution is -2.10. The molecule has 0 aliphatic heterocycles. The van der Waals surface area contributed by atoms with E-state index in [1.165, 1.54) is 5.56 Å². The van der Waals surface area contributed by atoms with E-state index in [1.54, 1.807) is 0 Å². The second-order valence-corrected chi connectivity index (χ2v) is 4.80. The summed E-state index contributed by atoms with van der Waals surface area (Å²) in [6.07, 6.45) is 2.75. The van der Waals surface area contributed by atoms with Crippen LogP contribution in [0.4, 0.5) is 0 Å². The van der Waals surface area contributed by atoms with Crippen molar-refractivity contribution < 1.29 is 0 Å². The number of thiocarbonyl (C=S) groups is 1. The second-order valence-electron chi connectivity index (χ2n) is 4.36. The smallest absolute Gasteiger partial charge is 0.124 e. The van der Waals surface area contributed by atoms with E-state index in [-0.39, 0.29) is 0 Å². The Labute approximate surface area is 116 Å². The zero-order valence-electron chi connectivity index (χ0n) is 10.3. The maximum absolute atomic E-state index is 5.74. The van der Waals surface area contributed by atoms with E-state index in [0.29, 0.717) is 10.7 Å². The number of hydrogen-bond acceptors (Lipinski definition) is 2. The molecule has 0 aliphatic rings. The van der Waals surface area contributed by atoms with Gasteiger partial charge in [-0.25, -0.2) is 4.98 Å². The highest BCUT2D eigenvalue weighted by Crippen LogP contribution is 2.16. The van der Waals surface area contributed by atoms with Crippen molar-refractivity contribution in [1.29, 1.82) is 0 Å². The summed E-state index contributed by atoms with van der Waals surface area (Å²) in [6, 6.07) is 16.2. The Morgan fingerprint density at radius 1 is 1.11 bits per heavy atom. The fourth-order valence-electron chi connectivity index (χ4n) is 2.19. The van der Waals surface area contributed by atoms with Crippen molar-refractivity contribution in [3.63, 3.8) is 0 Å². The van der Waals surface area contributed by atoms with Crippen molar-refractivity contribution in [2.45, 2.75) is 6.42 Å². The predicted molar refractivity (Wildman–Crippen MR) is 80.3 cm³/mol. The molecule has 3 nitrogen and oxygen atoms in total. The summed E-state index contributed by atoms with van der Waals surface area (Å²) in [5.74, 6) is 0.949. The minimum atomic E-state index is 0.336. The van der Waals surface area contributed by atoms with Crippen molar-refractivity contribution in [3.05, 3.63) is 71.8 Å². The van der Waals surface area contributed by atoms with Gasteiger partial charge in [-0.15, -0.1) is 0 Å². The van der Waals surface area contributed by atoms with E-state index < -0.39 is 0 Å². The molecule has 2 N–H and O–H groups in total. The van der Waals surface area contributed by atoms with Gasteiger partial charge in [0.15, 0.2) is 0 Å². The fourth-order valence-corrected chi connectivity index (χ4v) is 2.34. The third kappa shape index (κ3) is 2.22. The summed E-state index contributed by atoms with van der Waals surface area (Å²) >= 11 is 5.07. The number of imidazole rings is 1. The van der Waals surface area contributed by atoms with Gasteiger partial charge >= 0.3 is 0 Å². The van der Waals surface area contributed by atoms with Crippen molar-refractivity contribution in [3.8, 4) is 0 Å². The van der Waals surface area contributed by atoms with Crippen LogP contribution in [-0.4, -0.2) is 14.4 Å². The van der Waals surface area contributed by atoms with Crippen molar-refractivity contribution in [1.82, 2.24) is 9.38 Å². The molecule has 0 spiro atoms. The van der Waals surface area contributed by atoms with Crippen LogP contribution in [0.3, 0.4) is 0 Å². The van der Waals surface area contributed by atoms with Gasteiger partial charge in [-0.05, 0) is 17.7 Å². The summed E-state index contributed by atoms with van der Waals surface area (Å²) in [4.78, 5) is 4.92. The van der Waals surface area contributed by atoms with Crippen LogP contribution in [0.15, 0.2) is 54.7 Å². The van der Waals surface area contributed by atoms with E-state index in [1.807, 2.05) is 47.0 Å². The standard InChI is InChI=1S/C15H13N3S/c16-15(19)14-12-8-4-5-9-18(12)13(17-14)10-11-6-2-1-3-7-11/h1-9H,10H2,(H2,16,19). The molecular weight excluding hydrogens is 254 g/mol. The SMILES string of the molecule is NC(=S)c1nc(Cc2ccccc2)n2ccccc12. The molecule has 19 heavy (non-hydrogen) atoms. The molecule has 0 atom stereocenters. The lowest BCUT2D eigenvalue weighted by atomic mass is 10.1. The van der Waals surface area contributed by atoms with Crippen molar-refractivity contribution in [2.24, 2.45) is 5.73 Å². The first-order chi connectivity index (χ1) is 9.25. The lowest BCUT2D eigenvalue weighted by Gasteiger charge is -2.01.